The quantitative estimate of drug-likeness (QED) is 0.862. The summed E-state index contributed by atoms with van der Waals surface area (Å²) >= 11 is 0. The summed E-state index contributed by atoms with van der Waals surface area (Å²) in [5.74, 6) is 0. The molecule has 2 heterocycles. The van der Waals surface area contributed by atoms with Gasteiger partial charge in [-0.3, -0.25) is 0 Å². The molecule has 1 unspecified atom stereocenters. The molecule has 4 nitrogen and oxygen atoms in total. The van der Waals surface area contributed by atoms with Crippen LogP contribution < -0.4 is 5.73 Å². The molecule has 0 bridgehead atoms. The molecule has 1 saturated heterocycles. The highest BCUT2D eigenvalue weighted by molar-refractivity contribution is 5.76. The molecule has 1 aromatic heterocycles. The summed E-state index contributed by atoms with van der Waals surface area (Å²) in [4.78, 5) is 4.41. The predicted octanol–water partition coefficient (Wildman–Crippen LogP) is 2.19. The van der Waals surface area contributed by atoms with Gasteiger partial charge in [0.05, 0.1) is 17.4 Å². The van der Waals surface area contributed by atoms with E-state index in [1.165, 1.54) is 6.42 Å². The summed E-state index contributed by atoms with van der Waals surface area (Å²) in [6, 6.07) is 6.17. The number of hydrogen-bond donors (Lipinski definition) is 1. The largest absolute Gasteiger partial charge is 0.358 e. The maximum absolute atomic E-state index is 5.80. The summed E-state index contributed by atoms with van der Waals surface area (Å²) < 4.78 is 7.93. The van der Waals surface area contributed by atoms with Gasteiger partial charge >= 0.3 is 0 Å². The van der Waals surface area contributed by atoms with Crippen LogP contribution in [0.25, 0.3) is 11.0 Å². The second kappa shape index (κ2) is 4.47. The smallest absolute Gasteiger partial charge is 0.135 e. The molecule has 90 valence electrons. The van der Waals surface area contributed by atoms with Crippen molar-refractivity contribution < 1.29 is 4.74 Å². The molecule has 3 rings (SSSR count). The lowest BCUT2D eigenvalue weighted by Gasteiger charge is -2.24. The topological polar surface area (TPSA) is 53.1 Å². The summed E-state index contributed by atoms with van der Waals surface area (Å²) in [6.07, 6.45) is 5.47. The van der Waals surface area contributed by atoms with Crippen molar-refractivity contribution >= 4 is 11.0 Å². The maximum Gasteiger partial charge on any atom is 0.135 e. The van der Waals surface area contributed by atoms with E-state index < -0.39 is 0 Å². The number of nitrogens with zero attached hydrogens (tertiary/aromatic N) is 2. The second-order valence-corrected chi connectivity index (χ2v) is 4.50. The Bertz CT molecular complexity index is 514. The average molecular weight is 231 g/mol. The van der Waals surface area contributed by atoms with Crippen LogP contribution in [0.15, 0.2) is 24.5 Å². The number of ether oxygens (including phenoxy) is 1. The fourth-order valence-electron chi connectivity index (χ4n) is 2.37. The third-order valence-electron chi connectivity index (χ3n) is 3.34. The van der Waals surface area contributed by atoms with E-state index in [0.717, 1.165) is 36.0 Å². The molecule has 1 atom stereocenters. The summed E-state index contributed by atoms with van der Waals surface area (Å²) in [6.45, 7) is 1.41. The van der Waals surface area contributed by atoms with Crippen molar-refractivity contribution in [2.24, 2.45) is 5.73 Å². The first-order valence-corrected chi connectivity index (χ1v) is 6.15. The molecule has 0 aliphatic carbocycles. The lowest BCUT2D eigenvalue weighted by molar-refractivity contribution is -0.0295. The highest BCUT2D eigenvalue weighted by Gasteiger charge is 2.17. The molecule has 0 amide bonds. The lowest BCUT2D eigenvalue weighted by Crippen LogP contribution is -2.17. The number of nitrogens with two attached hydrogens (primary N) is 1. The molecular formula is C13H17N3O. The zero-order valence-corrected chi connectivity index (χ0v) is 9.80. The van der Waals surface area contributed by atoms with E-state index in [-0.39, 0.29) is 6.23 Å². The molecule has 1 aliphatic heterocycles. The molecule has 0 radical (unpaired) electrons. The van der Waals surface area contributed by atoms with Crippen LogP contribution in [0.5, 0.6) is 0 Å². The van der Waals surface area contributed by atoms with Crippen molar-refractivity contribution in [1.29, 1.82) is 0 Å². The average Bonchev–Trinajstić information content (AvgIpc) is 2.82. The van der Waals surface area contributed by atoms with Crippen molar-refractivity contribution in [3.05, 3.63) is 30.1 Å². The number of aromatic nitrogens is 2. The van der Waals surface area contributed by atoms with E-state index in [1.807, 2.05) is 18.5 Å². The molecule has 0 saturated carbocycles. The number of hydrogen-bond acceptors (Lipinski definition) is 3. The monoisotopic (exact) mass is 231 g/mol. The number of imidazole rings is 1. The minimum Gasteiger partial charge on any atom is -0.358 e. The Labute approximate surface area is 100 Å². The lowest BCUT2D eigenvalue weighted by atomic mass is 10.1. The van der Waals surface area contributed by atoms with Crippen LogP contribution in [0.1, 0.15) is 31.1 Å². The maximum atomic E-state index is 5.80. The van der Waals surface area contributed by atoms with Crippen LogP contribution in [-0.4, -0.2) is 16.2 Å². The second-order valence-electron chi connectivity index (χ2n) is 4.50. The van der Waals surface area contributed by atoms with Gasteiger partial charge in [0.25, 0.3) is 0 Å². The van der Waals surface area contributed by atoms with Crippen LogP contribution in [0.3, 0.4) is 0 Å². The van der Waals surface area contributed by atoms with Crippen LogP contribution in [0.2, 0.25) is 0 Å². The fraction of sp³-hybridized carbons (Fsp3) is 0.462. The van der Waals surface area contributed by atoms with Gasteiger partial charge in [-0.1, -0.05) is 6.07 Å². The molecule has 4 heteroatoms. The van der Waals surface area contributed by atoms with Crippen molar-refractivity contribution in [1.82, 2.24) is 9.55 Å². The summed E-state index contributed by atoms with van der Waals surface area (Å²) in [7, 11) is 0. The minimum absolute atomic E-state index is 0.141. The Hall–Kier alpha value is -1.39. The van der Waals surface area contributed by atoms with Gasteiger partial charge in [0.1, 0.15) is 6.23 Å². The van der Waals surface area contributed by atoms with E-state index in [9.17, 15) is 0 Å². The normalized spacial score (nSPS) is 20.9. The van der Waals surface area contributed by atoms with Crippen LogP contribution >= 0.6 is 0 Å². The third-order valence-corrected chi connectivity index (χ3v) is 3.34. The van der Waals surface area contributed by atoms with Crippen molar-refractivity contribution in [2.75, 3.05) is 6.61 Å². The molecule has 17 heavy (non-hydrogen) atoms. The Morgan fingerprint density at radius 2 is 2.35 bits per heavy atom. The number of fused-ring (bicyclic) bond motifs is 1. The first kappa shape index (κ1) is 10.7. The Morgan fingerprint density at radius 1 is 1.41 bits per heavy atom. The van der Waals surface area contributed by atoms with Gasteiger partial charge in [-0.15, -0.1) is 0 Å². The van der Waals surface area contributed by atoms with Gasteiger partial charge < -0.3 is 15.0 Å². The molecule has 1 fully saturated rings. The van der Waals surface area contributed by atoms with Gasteiger partial charge in [-0.2, -0.15) is 0 Å². The molecule has 2 aromatic rings. The van der Waals surface area contributed by atoms with Crippen molar-refractivity contribution in [2.45, 2.75) is 32.0 Å². The highest BCUT2D eigenvalue weighted by atomic mass is 16.5. The van der Waals surface area contributed by atoms with Crippen LogP contribution in [0.4, 0.5) is 0 Å². The van der Waals surface area contributed by atoms with Gasteiger partial charge in [0, 0.05) is 13.2 Å². The zero-order chi connectivity index (χ0) is 11.7. The standard InChI is InChI=1S/C13H17N3O/c14-8-10-4-5-11-12(7-10)16(9-15-11)13-3-1-2-6-17-13/h4-5,7,9,13H,1-3,6,8,14H2. The molecular weight excluding hydrogens is 214 g/mol. The first-order chi connectivity index (χ1) is 8.38. The van der Waals surface area contributed by atoms with E-state index in [0.29, 0.717) is 6.54 Å². The van der Waals surface area contributed by atoms with Gasteiger partial charge in [-0.25, -0.2) is 4.98 Å². The van der Waals surface area contributed by atoms with E-state index >= 15 is 0 Å². The van der Waals surface area contributed by atoms with Gasteiger partial charge in [0.2, 0.25) is 0 Å². The number of rotatable bonds is 2. The Kier molecular flexibility index (Phi) is 2.82. The van der Waals surface area contributed by atoms with Gasteiger partial charge in [0.15, 0.2) is 0 Å². The molecule has 0 spiro atoms. The molecule has 2 N–H and O–H groups in total. The van der Waals surface area contributed by atoms with Crippen LogP contribution in [-0.2, 0) is 11.3 Å². The fourth-order valence-corrected chi connectivity index (χ4v) is 2.37. The minimum atomic E-state index is 0.141. The van der Waals surface area contributed by atoms with Crippen molar-refractivity contribution in [3.8, 4) is 0 Å². The first-order valence-electron chi connectivity index (χ1n) is 6.15. The van der Waals surface area contributed by atoms with Crippen LogP contribution in [0, 0.1) is 0 Å². The SMILES string of the molecule is NCc1ccc2ncn(C3CCCCO3)c2c1. The summed E-state index contributed by atoms with van der Waals surface area (Å²) in [5, 5.41) is 0. The Morgan fingerprint density at radius 3 is 3.12 bits per heavy atom. The van der Waals surface area contributed by atoms with E-state index in [2.05, 4.69) is 15.6 Å². The number of benzene rings is 1. The third kappa shape index (κ3) is 1.94. The zero-order valence-electron chi connectivity index (χ0n) is 9.80. The van der Waals surface area contributed by atoms with E-state index in [4.69, 9.17) is 10.5 Å². The van der Waals surface area contributed by atoms with E-state index in [1.54, 1.807) is 0 Å². The highest BCUT2D eigenvalue weighted by Crippen LogP contribution is 2.26. The summed E-state index contributed by atoms with van der Waals surface area (Å²) in [5.41, 5.74) is 8.95. The van der Waals surface area contributed by atoms with Crippen molar-refractivity contribution in [3.63, 3.8) is 0 Å². The predicted molar refractivity (Wildman–Crippen MR) is 66.5 cm³/mol. The Balaban J connectivity index is 2.02. The molecule has 1 aliphatic rings. The molecule has 1 aromatic carbocycles. The van der Waals surface area contributed by atoms with Gasteiger partial charge in [-0.05, 0) is 37.0 Å².